The molecule has 1 aromatic heterocycles. The average Bonchev–Trinajstić information content (AvgIpc) is 2.61. The second-order valence-electron chi connectivity index (χ2n) is 5.17. The van der Waals surface area contributed by atoms with Crippen molar-refractivity contribution < 1.29 is 13.9 Å². The van der Waals surface area contributed by atoms with Crippen LogP contribution < -0.4 is 10.6 Å². The van der Waals surface area contributed by atoms with Crippen LogP contribution in [0.2, 0.25) is 0 Å². The number of halogens is 1. The van der Waals surface area contributed by atoms with Crippen LogP contribution in [0.3, 0.4) is 0 Å². The van der Waals surface area contributed by atoms with Gasteiger partial charge >= 0.3 is 0 Å². The molecule has 0 aliphatic heterocycles. The van der Waals surface area contributed by atoms with E-state index in [9.17, 15) is 9.18 Å². The van der Waals surface area contributed by atoms with E-state index in [0.29, 0.717) is 43.2 Å². The van der Waals surface area contributed by atoms with Crippen LogP contribution in [0.15, 0.2) is 36.7 Å². The number of ether oxygens (including phenoxy) is 1. The Labute approximate surface area is 140 Å². The van der Waals surface area contributed by atoms with E-state index in [4.69, 9.17) is 4.74 Å². The van der Waals surface area contributed by atoms with E-state index in [2.05, 4.69) is 20.6 Å². The van der Waals surface area contributed by atoms with Gasteiger partial charge in [0.2, 0.25) is 5.95 Å². The van der Waals surface area contributed by atoms with Crippen molar-refractivity contribution in [3.63, 3.8) is 0 Å². The van der Waals surface area contributed by atoms with E-state index in [1.165, 1.54) is 18.5 Å². The van der Waals surface area contributed by atoms with Crippen LogP contribution in [0.25, 0.3) is 0 Å². The Morgan fingerprint density at radius 3 is 2.67 bits per heavy atom. The number of carbonyl (C=O) groups is 1. The molecule has 2 N–H and O–H groups in total. The maximum Gasteiger partial charge on any atom is 0.254 e. The van der Waals surface area contributed by atoms with E-state index in [-0.39, 0.29) is 11.7 Å². The maximum absolute atomic E-state index is 13.5. The molecule has 6 nitrogen and oxygen atoms in total. The van der Waals surface area contributed by atoms with Gasteiger partial charge in [0.1, 0.15) is 5.82 Å². The SMILES string of the molecule is COCCCNc1ncc(C(=O)NCCc2ccccc2F)cn1. The predicted octanol–water partition coefficient (Wildman–Crippen LogP) is 2.04. The molecule has 0 spiro atoms. The molecule has 1 amide bonds. The molecule has 0 aliphatic rings. The lowest BCUT2D eigenvalue weighted by molar-refractivity contribution is 0.0953. The van der Waals surface area contributed by atoms with E-state index in [1.807, 2.05) is 0 Å². The quantitative estimate of drug-likeness (QED) is 0.687. The predicted molar refractivity (Wildman–Crippen MR) is 89.5 cm³/mol. The van der Waals surface area contributed by atoms with Crippen LogP contribution in [0.1, 0.15) is 22.3 Å². The first-order valence-corrected chi connectivity index (χ1v) is 7.77. The molecule has 0 fully saturated rings. The summed E-state index contributed by atoms with van der Waals surface area (Å²) in [7, 11) is 1.65. The van der Waals surface area contributed by atoms with Crippen LogP contribution in [-0.2, 0) is 11.2 Å². The normalized spacial score (nSPS) is 10.4. The third kappa shape index (κ3) is 5.58. The first-order valence-electron chi connectivity index (χ1n) is 7.77. The molecule has 24 heavy (non-hydrogen) atoms. The highest BCUT2D eigenvalue weighted by molar-refractivity contribution is 5.93. The Kier molecular flexibility index (Phi) is 7.10. The Balaban J connectivity index is 1.77. The number of methoxy groups -OCH3 is 1. The Bertz CT molecular complexity index is 649. The van der Waals surface area contributed by atoms with Gasteiger partial charge in [0, 0.05) is 39.2 Å². The van der Waals surface area contributed by atoms with Gasteiger partial charge in [-0.05, 0) is 24.5 Å². The molecular weight excluding hydrogens is 311 g/mol. The molecule has 1 aromatic carbocycles. The van der Waals surface area contributed by atoms with Crippen molar-refractivity contribution in [1.29, 1.82) is 0 Å². The van der Waals surface area contributed by atoms with Gasteiger partial charge in [-0.3, -0.25) is 4.79 Å². The molecule has 0 saturated heterocycles. The van der Waals surface area contributed by atoms with Crippen molar-refractivity contribution in [2.45, 2.75) is 12.8 Å². The smallest absolute Gasteiger partial charge is 0.254 e. The number of hydrogen-bond acceptors (Lipinski definition) is 5. The lowest BCUT2D eigenvalue weighted by atomic mass is 10.1. The van der Waals surface area contributed by atoms with Crippen LogP contribution >= 0.6 is 0 Å². The summed E-state index contributed by atoms with van der Waals surface area (Å²) in [5, 5.41) is 5.77. The minimum atomic E-state index is -0.280. The van der Waals surface area contributed by atoms with Gasteiger partial charge in [0.15, 0.2) is 0 Å². The van der Waals surface area contributed by atoms with Crippen molar-refractivity contribution in [3.05, 3.63) is 53.6 Å². The monoisotopic (exact) mass is 332 g/mol. The largest absolute Gasteiger partial charge is 0.385 e. The van der Waals surface area contributed by atoms with Crippen molar-refractivity contribution in [2.75, 3.05) is 32.1 Å². The van der Waals surface area contributed by atoms with Gasteiger partial charge < -0.3 is 15.4 Å². The first-order chi connectivity index (χ1) is 11.7. The number of anilines is 1. The van der Waals surface area contributed by atoms with Crippen molar-refractivity contribution in [2.24, 2.45) is 0 Å². The van der Waals surface area contributed by atoms with Gasteiger partial charge in [0.25, 0.3) is 5.91 Å². The summed E-state index contributed by atoms with van der Waals surface area (Å²) in [5.74, 6) is -0.0785. The zero-order valence-electron chi connectivity index (χ0n) is 13.6. The van der Waals surface area contributed by atoms with Crippen LogP contribution in [0.4, 0.5) is 10.3 Å². The molecule has 0 saturated carbocycles. The number of hydrogen-bond donors (Lipinski definition) is 2. The van der Waals surface area contributed by atoms with Gasteiger partial charge in [-0.25, -0.2) is 14.4 Å². The molecule has 2 aromatic rings. The first kappa shape index (κ1) is 17.8. The number of aromatic nitrogens is 2. The molecule has 0 unspecified atom stereocenters. The summed E-state index contributed by atoms with van der Waals surface area (Å²) >= 11 is 0. The fraction of sp³-hybridized carbons (Fsp3) is 0.353. The number of nitrogens with one attached hydrogen (secondary N) is 2. The van der Waals surface area contributed by atoms with Crippen LogP contribution in [0.5, 0.6) is 0 Å². The van der Waals surface area contributed by atoms with Crippen molar-refractivity contribution in [1.82, 2.24) is 15.3 Å². The minimum absolute atomic E-state index is 0.265. The van der Waals surface area contributed by atoms with E-state index in [1.54, 1.807) is 25.3 Å². The highest BCUT2D eigenvalue weighted by Gasteiger charge is 2.07. The fourth-order valence-electron chi connectivity index (χ4n) is 2.07. The number of benzene rings is 1. The fourth-order valence-corrected chi connectivity index (χ4v) is 2.07. The molecule has 2 rings (SSSR count). The van der Waals surface area contributed by atoms with Gasteiger partial charge in [0.05, 0.1) is 5.56 Å². The van der Waals surface area contributed by atoms with Crippen molar-refractivity contribution in [3.8, 4) is 0 Å². The third-order valence-corrected chi connectivity index (χ3v) is 3.36. The molecule has 0 radical (unpaired) electrons. The highest BCUT2D eigenvalue weighted by Crippen LogP contribution is 2.06. The van der Waals surface area contributed by atoms with Crippen LogP contribution in [-0.4, -0.2) is 42.7 Å². The van der Waals surface area contributed by atoms with E-state index >= 15 is 0 Å². The summed E-state index contributed by atoms with van der Waals surface area (Å²) in [6.07, 6.45) is 4.20. The van der Waals surface area contributed by atoms with Crippen LogP contribution in [0, 0.1) is 5.82 Å². The molecular formula is C17H21FN4O2. The molecule has 0 bridgehead atoms. The topological polar surface area (TPSA) is 76.1 Å². The Morgan fingerprint density at radius 2 is 1.96 bits per heavy atom. The maximum atomic E-state index is 13.5. The molecule has 1 heterocycles. The van der Waals surface area contributed by atoms with E-state index in [0.717, 1.165) is 6.42 Å². The lowest BCUT2D eigenvalue weighted by Crippen LogP contribution is -2.26. The minimum Gasteiger partial charge on any atom is -0.385 e. The highest BCUT2D eigenvalue weighted by atomic mass is 19.1. The van der Waals surface area contributed by atoms with Gasteiger partial charge in [-0.1, -0.05) is 18.2 Å². The second kappa shape index (κ2) is 9.57. The summed E-state index contributed by atoms with van der Waals surface area (Å²) in [5.41, 5.74) is 0.940. The summed E-state index contributed by atoms with van der Waals surface area (Å²) in [6, 6.07) is 6.52. The number of rotatable bonds is 9. The summed E-state index contributed by atoms with van der Waals surface area (Å²) in [6.45, 7) is 1.70. The van der Waals surface area contributed by atoms with Gasteiger partial charge in [-0.2, -0.15) is 0 Å². The second-order valence-corrected chi connectivity index (χ2v) is 5.17. The Morgan fingerprint density at radius 1 is 1.21 bits per heavy atom. The Hall–Kier alpha value is -2.54. The van der Waals surface area contributed by atoms with E-state index < -0.39 is 0 Å². The third-order valence-electron chi connectivity index (χ3n) is 3.36. The zero-order chi connectivity index (χ0) is 17.2. The standard InChI is InChI=1S/C17H21FN4O2/c1-24-10-4-8-20-17-21-11-14(12-22-17)16(23)19-9-7-13-5-2-3-6-15(13)18/h2-3,5-6,11-12H,4,7-10H2,1H3,(H,19,23)(H,20,21,22). The summed E-state index contributed by atoms with van der Waals surface area (Å²) < 4.78 is 18.4. The number of carbonyl (C=O) groups excluding carboxylic acids is 1. The zero-order valence-corrected chi connectivity index (χ0v) is 13.6. The molecule has 7 heteroatoms. The molecule has 0 aliphatic carbocycles. The number of nitrogens with zero attached hydrogens (tertiary/aromatic N) is 2. The molecule has 0 atom stereocenters. The average molecular weight is 332 g/mol. The summed E-state index contributed by atoms with van der Waals surface area (Å²) in [4.78, 5) is 20.2. The lowest BCUT2D eigenvalue weighted by Gasteiger charge is -2.07. The van der Waals surface area contributed by atoms with Gasteiger partial charge in [-0.15, -0.1) is 0 Å². The molecule has 128 valence electrons. The van der Waals surface area contributed by atoms with Crippen molar-refractivity contribution >= 4 is 11.9 Å². The number of amides is 1.